The molecule has 10 heteroatoms. The van der Waals surface area contributed by atoms with E-state index in [0.29, 0.717) is 0 Å². The van der Waals surface area contributed by atoms with E-state index >= 15 is 0 Å². The summed E-state index contributed by atoms with van der Waals surface area (Å²) in [4.78, 5) is 53.7. The number of nitrogens with one attached hydrogen (secondary N) is 2. The van der Waals surface area contributed by atoms with Crippen molar-refractivity contribution in [1.29, 1.82) is 0 Å². The van der Waals surface area contributed by atoms with Gasteiger partial charge in [-0.25, -0.2) is 9.97 Å². The van der Waals surface area contributed by atoms with Gasteiger partial charge in [0, 0.05) is 41.7 Å². The first-order valence-corrected chi connectivity index (χ1v) is 37.2. The summed E-state index contributed by atoms with van der Waals surface area (Å²) in [5.41, 5.74) is 15.6. The molecule has 0 spiro atoms. The van der Waals surface area contributed by atoms with Crippen LogP contribution >= 0.6 is 45.3 Å². The van der Waals surface area contributed by atoms with Gasteiger partial charge in [0.2, 0.25) is 0 Å². The van der Waals surface area contributed by atoms with Gasteiger partial charge in [-0.15, -0.1) is 45.3 Å². The Hall–Kier alpha value is -6.14. The molecule has 6 nitrogen and oxygen atoms in total. The number of carbonyl (C=O) groups excluding carboxylic acids is 2. The summed E-state index contributed by atoms with van der Waals surface area (Å²) < 4.78 is 0. The molecule has 0 atom stereocenters. The highest BCUT2D eigenvalue weighted by Crippen LogP contribution is 2.40. The summed E-state index contributed by atoms with van der Waals surface area (Å²) in [5.74, 6) is 15.0. The van der Waals surface area contributed by atoms with E-state index in [1.165, 1.54) is 133 Å². The molecule has 7 aromatic heterocycles. The van der Waals surface area contributed by atoms with Crippen molar-refractivity contribution < 1.29 is 9.59 Å². The zero-order chi connectivity index (χ0) is 61.5. The average Bonchev–Trinajstić information content (AvgIpc) is 2.58. The number of carbonyl (C=O) groups is 2. The smallest absolute Gasteiger partial charge is 0.160 e. The number of aromatic amines is 2. The van der Waals surface area contributed by atoms with Crippen LogP contribution in [0.4, 0.5) is 0 Å². The monoisotopic (exact) mass is 1250 g/mol. The largest absolute Gasteiger partial charge is 0.354 e. The number of hydrogen-bond donors (Lipinski definition) is 2. The standard InChI is InChI=1S/C78H94N4O2S4/c1-7-13-19-25-31-55-37-49-73(85-55)77-67-45-41-63(79-67)61(39-51-71-57(33-27-21-15-9-3)59(75(53-83)87-71)35-29-23-17-11-5)65-43-47-69(81-65)78(74-50-38-56(86-74)32-26-20-14-8-2)70-48-44-66(82-70)62(64-42-46-68(77)80-64)40-52-72-58(34-28-22-16-10-4)60(76(54-84)88-72)36-30-24-18-12-6/h37-38,41-50,53-54,79-80H,7-36H2,1-6H3. The van der Waals surface area contributed by atoms with Crippen molar-refractivity contribution >= 4 is 104 Å². The van der Waals surface area contributed by atoms with Crippen molar-refractivity contribution in [2.75, 3.05) is 0 Å². The maximum atomic E-state index is 12.9. The molecule has 462 valence electrons. The van der Waals surface area contributed by atoms with E-state index in [9.17, 15) is 9.59 Å². The highest BCUT2D eigenvalue weighted by Gasteiger charge is 2.22. The fourth-order valence-corrected chi connectivity index (χ4v) is 16.8. The molecule has 0 saturated heterocycles. The zero-order valence-electron chi connectivity index (χ0n) is 53.6. The van der Waals surface area contributed by atoms with Crippen LogP contribution in [0.1, 0.15) is 291 Å². The third-order valence-corrected chi connectivity index (χ3v) is 21.9. The molecular weight excluding hydrogens is 1150 g/mol. The molecule has 0 amide bonds. The predicted octanol–water partition coefficient (Wildman–Crippen LogP) is 23.4. The fourth-order valence-electron chi connectivity index (χ4n) is 12.4. The first kappa shape index (κ1) is 66.3. The van der Waals surface area contributed by atoms with E-state index in [-0.39, 0.29) is 0 Å². The Morgan fingerprint density at radius 3 is 1.07 bits per heavy atom. The lowest BCUT2D eigenvalue weighted by Crippen LogP contribution is -1.97. The van der Waals surface area contributed by atoms with Crippen molar-refractivity contribution in [3.63, 3.8) is 0 Å². The quantitative estimate of drug-likeness (QED) is 0.0239. The number of fused-ring (bicyclic) bond motifs is 8. The van der Waals surface area contributed by atoms with Gasteiger partial charge in [-0.05, 0) is 172 Å². The fraction of sp³-hybridized carbons (Fsp3) is 0.462. The van der Waals surface area contributed by atoms with Crippen molar-refractivity contribution in [3.05, 3.63) is 134 Å². The van der Waals surface area contributed by atoms with Gasteiger partial charge in [-0.2, -0.15) is 0 Å². The van der Waals surface area contributed by atoms with E-state index in [2.05, 4.69) is 148 Å². The summed E-state index contributed by atoms with van der Waals surface area (Å²) in [6.45, 7) is 13.6. The molecule has 0 radical (unpaired) electrons. The molecular formula is C78H94N4O2S4. The minimum atomic E-state index is 0.785. The van der Waals surface area contributed by atoms with Gasteiger partial charge >= 0.3 is 0 Å². The van der Waals surface area contributed by atoms with Crippen LogP contribution in [0, 0.1) is 23.7 Å². The number of aromatic nitrogens is 4. The highest BCUT2D eigenvalue weighted by atomic mass is 32.1. The number of aryl methyl sites for hydroxylation is 2. The molecule has 8 bridgehead atoms. The maximum absolute atomic E-state index is 12.9. The summed E-state index contributed by atoms with van der Waals surface area (Å²) in [5, 5.41) is 0. The summed E-state index contributed by atoms with van der Waals surface area (Å²) in [6.07, 6.45) is 44.6. The van der Waals surface area contributed by atoms with Gasteiger partial charge < -0.3 is 9.97 Å². The Bertz CT molecular complexity index is 3630. The second kappa shape index (κ2) is 34.7. The molecule has 9 heterocycles. The third-order valence-electron chi connectivity index (χ3n) is 17.4. The molecule has 2 aliphatic heterocycles. The van der Waals surface area contributed by atoms with Gasteiger partial charge in [0.25, 0.3) is 0 Å². The summed E-state index contributed by atoms with van der Waals surface area (Å²) >= 11 is 6.86. The Balaban J connectivity index is 1.31. The van der Waals surface area contributed by atoms with E-state index in [4.69, 9.17) is 9.97 Å². The number of aldehydes is 2. The second-order valence-electron chi connectivity index (χ2n) is 24.1. The highest BCUT2D eigenvalue weighted by molar-refractivity contribution is 7.16. The molecule has 2 N–H and O–H groups in total. The van der Waals surface area contributed by atoms with Crippen LogP contribution in [0.25, 0.3) is 67.3 Å². The minimum Gasteiger partial charge on any atom is -0.354 e. The van der Waals surface area contributed by atoms with Crippen LogP contribution in [-0.2, 0) is 38.5 Å². The first-order valence-electron chi connectivity index (χ1n) is 33.9. The molecule has 0 fully saturated rings. The van der Waals surface area contributed by atoms with Crippen molar-refractivity contribution in [2.24, 2.45) is 0 Å². The lowest BCUT2D eigenvalue weighted by Gasteiger charge is -2.07. The lowest BCUT2D eigenvalue weighted by atomic mass is 9.97. The van der Waals surface area contributed by atoms with Crippen molar-refractivity contribution in [3.8, 4) is 44.6 Å². The van der Waals surface area contributed by atoms with Gasteiger partial charge in [-0.1, -0.05) is 181 Å². The Labute approximate surface area is 542 Å². The van der Waals surface area contributed by atoms with Crippen molar-refractivity contribution in [2.45, 2.75) is 234 Å². The molecule has 88 heavy (non-hydrogen) atoms. The van der Waals surface area contributed by atoms with Crippen LogP contribution in [0.15, 0.2) is 48.5 Å². The molecule has 0 saturated carbocycles. The maximum Gasteiger partial charge on any atom is 0.160 e. The first-order chi connectivity index (χ1) is 43.3. The average molecular weight is 1250 g/mol. The number of thiophene rings is 4. The van der Waals surface area contributed by atoms with E-state index in [1.54, 1.807) is 22.7 Å². The summed E-state index contributed by atoms with van der Waals surface area (Å²) in [7, 11) is 0. The molecule has 9 rings (SSSR count). The van der Waals surface area contributed by atoms with Gasteiger partial charge in [0.05, 0.1) is 64.4 Å². The number of nitrogens with zero attached hydrogens (tertiary/aromatic N) is 2. The lowest BCUT2D eigenvalue weighted by molar-refractivity contribution is 0.111. The third kappa shape index (κ3) is 17.2. The minimum absolute atomic E-state index is 0.785. The van der Waals surface area contributed by atoms with Crippen LogP contribution < -0.4 is 0 Å². The van der Waals surface area contributed by atoms with Crippen LogP contribution in [0.5, 0.6) is 0 Å². The topological polar surface area (TPSA) is 91.5 Å². The molecule has 0 aromatic carbocycles. The number of unbranched alkanes of at least 4 members (excludes halogenated alkanes) is 18. The van der Waals surface area contributed by atoms with E-state index in [1.807, 2.05) is 22.7 Å². The normalized spacial score (nSPS) is 11.8. The Morgan fingerprint density at radius 2 is 0.693 bits per heavy atom. The van der Waals surface area contributed by atoms with Gasteiger partial charge in [0.1, 0.15) is 0 Å². The number of H-pyrrole nitrogens is 2. The van der Waals surface area contributed by atoms with Gasteiger partial charge in [-0.3, -0.25) is 9.59 Å². The molecule has 0 unspecified atom stereocenters. The Morgan fingerprint density at radius 1 is 0.352 bits per heavy atom. The van der Waals surface area contributed by atoms with E-state index < -0.39 is 0 Å². The Kier molecular flexibility index (Phi) is 26.2. The molecule has 0 aliphatic carbocycles. The van der Waals surface area contributed by atoms with Crippen molar-refractivity contribution in [1.82, 2.24) is 19.9 Å². The number of rotatable bonds is 34. The predicted molar refractivity (Wildman–Crippen MR) is 384 cm³/mol. The van der Waals surface area contributed by atoms with E-state index in [0.717, 1.165) is 200 Å². The van der Waals surface area contributed by atoms with Gasteiger partial charge in [0.15, 0.2) is 12.6 Å². The second-order valence-corrected chi connectivity index (χ2v) is 28.6. The van der Waals surface area contributed by atoms with Crippen LogP contribution in [-0.4, -0.2) is 32.5 Å². The van der Waals surface area contributed by atoms with Crippen LogP contribution in [0.2, 0.25) is 0 Å². The molecule has 2 aliphatic rings. The number of hydrogen-bond acceptors (Lipinski definition) is 8. The zero-order valence-corrected chi connectivity index (χ0v) is 56.9. The molecule has 7 aromatic rings. The van der Waals surface area contributed by atoms with Crippen LogP contribution in [0.3, 0.4) is 0 Å². The SMILES string of the molecule is CCCCCCc1ccc(-c2c3nc(c(C#Cc4sc(C=O)c(CCCCCC)c4CCCCCC)c4ccc([nH]4)c(-c4ccc(CCCCCC)s4)c4ccc([nH]4)c(C#Cc4sc(C=O)c(CCCCCC)c4CCCCCC)c4nc2C=C4)C=C3)s1. The summed E-state index contributed by atoms with van der Waals surface area (Å²) in [6, 6.07) is 18.0.